The van der Waals surface area contributed by atoms with Crippen LogP contribution in [0.3, 0.4) is 0 Å². The molecule has 2 nitrogen and oxygen atoms in total. The smallest absolute Gasteiger partial charge is 0.201 e. The van der Waals surface area contributed by atoms with Gasteiger partial charge in [0.05, 0.1) is 20.0 Å². The molecule has 0 saturated carbocycles. The van der Waals surface area contributed by atoms with Crippen LogP contribution in [0.2, 0.25) is 0 Å². The van der Waals surface area contributed by atoms with E-state index in [-0.39, 0.29) is 23.5 Å². The van der Waals surface area contributed by atoms with Crippen molar-refractivity contribution in [3.8, 4) is 16.9 Å². The third-order valence-corrected chi connectivity index (χ3v) is 3.03. The van der Waals surface area contributed by atoms with Crippen LogP contribution in [0.15, 0.2) is 36.6 Å². The normalized spacial score (nSPS) is 11.0. The van der Waals surface area contributed by atoms with E-state index in [9.17, 15) is 13.2 Å². The molecule has 0 aliphatic carbocycles. The minimum Gasteiger partial charge on any atom is -0.504 e. The average Bonchev–Trinajstić information content (AvgIpc) is 2.51. The highest BCUT2D eigenvalue weighted by molar-refractivity contribution is 5.68. The van der Waals surface area contributed by atoms with Crippen molar-refractivity contribution in [2.75, 3.05) is 13.7 Å². The van der Waals surface area contributed by atoms with E-state index >= 15 is 0 Å². The fourth-order valence-electron chi connectivity index (χ4n) is 2.01. The summed E-state index contributed by atoms with van der Waals surface area (Å²) in [6, 6.07) is 6.78. The highest BCUT2D eigenvalue weighted by Crippen LogP contribution is 2.31. The van der Waals surface area contributed by atoms with E-state index in [1.54, 1.807) is 19.1 Å². The first-order valence-corrected chi connectivity index (χ1v) is 6.68. The molecule has 0 amide bonds. The average molecular weight is 308 g/mol. The molecule has 0 bridgehead atoms. The van der Waals surface area contributed by atoms with Crippen LogP contribution < -0.4 is 4.74 Å². The summed E-state index contributed by atoms with van der Waals surface area (Å²) in [5.74, 6) is -3.10. The van der Waals surface area contributed by atoms with E-state index in [1.165, 1.54) is 37.6 Å². The molecule has 0 N–H and O–H groups in total. The second-order valence-electron chi connectivity index (χ2n) is 4.45. The molecule has 0 atom stereocenters. The van der Waals surface area contributed by atoms with Crippen LogP contribution in [0.4, 0.5) is 13.2 Å². The molecule has 2 rings (SSSR count). The van der Waals surface area contributed by atoms with E-state index in [0.717, 1.165) is 0 Å². The maximum Gasteiger partial charge on any atom is 0.201 e. The molecule has 5 heteroatoms. The number of benzene rings is 2. The molecular formula is C17H15F3O2. The second-order valence-corrected chi connectivity index (χ2v) is 4.45. The van der Waals surface area contributed by atoms with Gasteiger partial charge < -0.3 is 9.47 Å². The van der Waals surface area contributed by atoms with Crippen LogP contribution in [0.5, 0.6) is 5.75 Å². The number of halogens is 3. The topological polar surface area (TPSA) is 18.5 Å². The van der Waals surface area contributed by atoms with Gasteiger partial charge in [-0.15, -0.1) is 0 Å². The summed E-state index contributed by atoms with van der Waals surface area (Å²) in [4.78, 5) is 0. The van der Waals surface area contributed by atoms with E-state index in [0.29, 0.717) is 5.56 Å². The lowest BCUT2D eigenvalue weighted by Gasteiger charge is -2.10. The molecule has 0 radical (unpaired) electrons. The quantitative estimate of drug-likeness (QED) is 0.740. The summed E-state index contributed by atoms with van der Waals surface area (Å²) in [6.45, 7) is 1.88. The van der Waals surface area contributed by atoms with Gasteiger partial charge in [0.1, 0.15) is 5.82 Å². The summed E-state index contributed by atoms with van der Waals surface area (Å²) in [5, 5.41) is 0. The van der Waals surface area contributed by atoms with E-state index < -0.39 is 17.5 Å². The Morgan fingerprint density at radius 3 is 2.36 bits per heavy atom. The van der Waals surface area contributed by atoms with Crippen molar-refractivity contribution in [3.05, 3.63) is 59.6 Å². The van der Waals surface area contributed by atoms with Crippen LogP contribution >= 0.6 is 0 Å². The van der Waals surface area contributed by atoms with Gasteiger partial charge in [-0.2, -0.15) is 4.39 Å². The molecule has 116 valence electrons. The van der Waals surface area contributed by atoms with Crippen LogP contribution in [-0.2, 0) is 4.74 Å². The molecule has 2 aromatic rings. The largest absolute Gasteiger partial charge is 0.504 e. The molecule has 0 heterocycles. The highest BCUT2D eigenvalue weighted by atomic mass is 19.2. The van der Waals surface area contributed by atoms with Crippen molar-refractivity contribution in [2.24, 2.45) is 0 Å². The summed E-state index contributed by atoms with van der Waals surface area (Å²) < 4.78 is 51.8. The van der Waals surface area contributed by atoms with Crippen molar-refractivity contribution in [3.63, 3.8) is 0 Å². The number of ether oxygens (including phenoxy) is 2. The highest BCUT2D eigenvalue weighted by Gasteiger charge is 2.17. The molecule has 0 aromatic heterocycles. The van der Waals surface area contributed by atoms with Crippen LogP contribution in [-0.4, -0.2) is 13.7 Å². The van der Waals surface area contributed by atoms with Crippen molar-refractivity contribution in [2.45, 2.75) is 6.92 Å². The monoisotopic (exact) mass is 308 g/mol. The summed E-state index contributed by atoms with van der Waals surface area (Å²) >= 11 is 0. The summed E-state index contributed by atoms with van der Waals surface area (Å²) in [6.07, 6.45) is 2.95. The first-order chi connectivity index (χ1) is 10.6. The van der Waals surface area contributed by atoms with Crippen LogP contribution in [0.1, 0.15) is 12.5 Å². The van der Waals surface area contributed by atoms with E-state index in [1.807, 2.05) is 0 Å². The second kappa shape index (κ2) is 7.02. The zero-order valence-electron chi connectivity index (χ0n) is 12.2. The van der Waals surface area contributed by atoms with Gasteiger partial charge in [-0.3, -0.25) is 0 Å². The van der Waals surface area contributed by atoms with Crippen molar-refractivity contribution in [1.29, 1.82) is 0 Å². The van der Waals surface area contributed by atoms with Crippen molar-refractivity contribution in [1.82, 2.24) is 0 Å². The Labute approximate surface area is 126 Å². The first kappa shape index (κ1) is 15.9. The lowest BCUT2D eigenvalue weighted by atomic mass is 10.0. The van der Waals surface area contributed by atoms with Gasteiger partial charge >= 0.3 is 0 Å². The Bertz CT molecular complexity index is 697. The molecule has 2 aromatic carbocycles. The Morgan fingerprint density at radius 1 is 1.00 bits per heavy atom. The Hall–Kier alpha value is -2.43. The minimum atomic E-state index is -1.13. The molecule has 0 saturated heterocycles. The third kappa shape index (κ3) is 3.24. The third-order valence-electron chi connectivity index (χ3n) is 3.03. The first-order valence-electron chi connectivity index (χ1n) is 6.68. The van der Waals surface area contributed by atoms with Gasteiger partial charge in [-0.1, -0.05) is 12.1 Å². The molecule has 0 unspecified atom stereocenters. The van der Waals surface area contributed by atoms with Gasteiger partial charge in [-0.05, 0) is 36.8 Å². The molecule has 0 fully saturated rings. The van der Waals surface area contributed by atoms with Gasteiger partial charge in [0.25, 0.3) is 0 Å². The van der Waals surface area contributed by atoms with Gasteiger partial charge in [0.2, 0.25) is 5.82 Å². The molecule has 0 spiro atoms. The molecule has 22 heavy (non-hydrogen) atoms. The lowest BCUT2D eigenvalue weighted by Crippen LogP contribution is -1.99. The zero-order chi connectivity index (χ0) is 16.1. The maximum atomic E-state index is 14.1. The van der Waals surface area contributed by atoms with E-state index in [2.05, 4.69) is 0 Å². The Morgan fingerprint density at radius 2 is 1.73 bits per heavy atom. The van der Waals surface area contributed by atoms with Crippen molar-refractivity contribution < 1.29 is 22.6 Å². The number of methoxy groups -OCH3 is 1. The van der Waals surface area contributed by atoms with Crippen LogP contribution in [0.25, 0.3) is 17.2 Å². The zero-order valence-corrected chi connectivity index (χ0v) is 12.2. The van der Waals surface area contributed by atoms with Crippen molar-refractivity contribution >= 4 is 6.08 Å². The number of hydrogen-bond donors (Lipinski definition) is 0. The fraction of sp³-hybridized carbons (Fsp3) is 0.176. The maximum absolute atomic E-state index is 14.1. The standard InChI is InChI=1S/C17H15F3O2/c1-3-22-15-7-6-13(16(19)17(15)20)12-5-4-11(8-9-21-2)10-14(12)18/h4-10H,3H2,1-2H3/b9-8+. The minimum absolute atomic E-state index is 0.0194. The Kier molecular flexibility index (Phi) is 5.09. The molecule has 0 aliphatic rings. The molecule has 0 aliphatic heterocycles. The predicted molar refractivity (Wildman–Crippen MR) is 79.0 cm³/mol. The number of hydrogen-bond acceptors (Lipinski definition) is 2. The molecular weight excluding hydrogens is 293 g/mol. The van der Waals surface area contributed by atoms with Gasteiger partial charge in [0.15, 0.2) is 11.6 Å². The summed E-state index contributed by atoms with van der Waals surface area (Å²) in [7, 11) is 1.47. The summed E-state index contributed by atoms with van der Waals surface area (Å²) in [5.41, 5.74) is 0.379. The van der Waals surface area contributed by atoms with Gasteiger partial charge in [0, 0.05) is 11.1 Å². The lowest BCUT2D eigenvalue weighted by molar-refractivity contribution is 0.314. The Balaban J connectivity index is 2.44. The van der Waals surface area contributed by atoms with Crippen LogP contribution in [0, 0.1) is 17.5 Å². The SMILES string of the molecule is CCOc1ccc(-c2ccc(/C=C/OC)cc2F)c(F)c1F. The fourth-order valence-corrected chi connectivity index (χ4v) is 2.01. The van der Waals surface area contributed by atoms with Gasteiger partial charge in [-0.25, -0.2) is 8.78 Å². The number of rotatable bonds is 5. The predicted octanol–water partition coefficient (Wildman–Crippen LogP) is 4.79. The van der Waals surface area contributed by atoms with E-state index in [4.69, 9.17) is 9.47 Å².